The van der Waals surface area contributed by atoms with E-state index in [0.717, 1.165) is 19.5 Å². The van der Waals surface area contributed by atoms with Gasteiger partial charge in [0.1, 0.15) is 11.5 Å². The molecule has 0 aliphatic carbocycles. The maximum atomic E-state index is 12.3. The van der Waals surface area contributed by atoms with Crippen molar-refractivity contribution in [3.8, 4) is 0 Å². The van der Waals surface area contributed by atoms with E-state index in [0.29, 0.717) is 16.8 Å². The van der Waals surface area contributed by atoms with Gasteiger partial charge in [0.15, 0.2) is 0 Å². The number of hydrogen-bond donors (Lipinski definition) is 2. The minimum Gasteiger partial charge on any atom is -0.348 e. The van der Waals surface area contributed by atoms with Crippen LogP contribution in [0.4, 0.5) is 0 Å². The lowest BCUT2D eigenvalue weighted by Gasteiger charge is -2.30. The summed E-state index contributed by atoms with van der Waals surface area (Å²) in [5.41, 5.74) is 0.274. The maximum Gasteiger partial charge on any atom is 0.271 e. The average molecular weight is 333 g/mol. The van der Waals surface area contributed by atoms with Crippen molar-refractivity contribution >= 4 is 29.9 Å². The lowest BCUT2D eigenvalue weighted by Crippen LogP contribution is -2.48. The van der Waals surface area contributed by atoms with Crippen LogP contribution < -0.4 is 10.6 Å². The van der Waals surface area contributed by atoms with Crippen molar-refractivity contribution in [1.82, 2.24) is 20.6 Å². The van der Waals surface area contributed by atoms with Crippen LogP contribution in [0, 0.1) is 5.92 Å². The average Bonchev–Trinajstić information content (AvgIpc) is 2.41. The summed E-state index contributed by atoms with van der Waals surface area (Å²) >= 11 is 6.05. The highest BCUT2D eigenvalue weighted by Gasteiger charge is 2.25. The molecule has 0 aromatic carbocycles. The second-order valence-electron chi connectivity index (χ2n) is 5.63. The monoisotopic (exact) mass is 332 g/mol. The largest absolute Gasteiger partial charge is 0.348 e. The van der Waals surface area contributed by atoms with Gasteiger partial charge in [-0.1, -0.05) is 32.4 Å². The van der Waals surface area contributed by atoms with E-state index in [2.05, 4.69) is 27.5 Å². The smallest absolute Gasteiger partial charge is 0.271 e. The molecule has 1 aromatic heterocycles. The Bertz CT molecular complexity index is 496. The van der Waals surface area contributed by atoms with E-state index < -0.39 is 0 Å². The van der Waals surface area contributed by atoms with Gasteiger partial charge in [-0.15, -0.1) is 12.4 Å². The number of nitrogens with one attached hydrogen (secondary N) is 2. The molecule has 2 N–H and O–H groups in total. The van der Waals surface area contributed by atoms with Gasteiger partial charge in [0.2, 0.25) is 0 Å². The summed E-state index contributed by atoms with van der Waals surface area (Å²) < 4.78 is 0. The third kappa shape index (κ3) is 4.53. The Morgan fingerprint density at radius 2 is 2.24 bits per heavy atom. The SMILES string of the molecule is CC(C)c1ncc(Cl)c(C(=O)NC2CCNCC2C)n1.Cl. The topological polar surface area (TPSA) is 66.9 Å². The number of carbonyl (C=O) groups excluding carboxylic acids is 1. The van der Waals surface area contributed by atoms with Gasteiger partial charge in [0.05, 0.1) is 11.2 Å². The predicted octanol–water partition coefficient (Wildman–Crippen LogP) is 2.40. The molecular formula is C14H22Cl2N4O. The van der Waals surface area contributed by atoms with Gasteiger partial charge < -0.3 is 10.6 Å². The number of piperidine rings is 1. The first kappa shape index (κ1) is 18.1. The van der Waals surface area contributed by atoms with E-state index in [9.17, 15) is 4.79 Å². The van der Waals surface area contributed by atoms with E-state index in [4.69, 9.17) is 11.6 Å². The van der Waals surface area contributed by atoms with Crippen LogP contribution in [0.2, 0.25) is 5.02 Å². The zero-order valence-corrected chi connectivity index (χ0v) is 14.1. The van der Waals surface area contributed by atoms with Crippen molar-refractivity contribution in [1.29, 1.82) is 0 Å². The molecular weight excluding hydrogens is 311 g/mol. The Morgan fingerprint density at radius 1 is 1.52 bits per heavy atom. The van der Waals surface area contributed by atoms with Crippen LogP contribution in [0.5, 0.6) is 0 Å². The fraction of sp³-hybridized carbons (Fsp3) is 0.643. The Hall–Kier alpha value is -0.910. The molecule has 1 aliphatic heterocycles. The summed E-state index contributed by atoms with van der Waals surface area (Å²) in [6, 6.07) is 0.164. The highest BCUT2D eigenvalue weighted by Crippen LogP contribution is 2.17. The van der Waals surface area contributed by atoms with Crippen LogP contribution in [-0.4, -0.2) is 35.0 Å². The summed E-state index contributed by atoms with van der Waals surface area (Å²) in [4.78, 5) is 20.8. The van der Waals surface area contributed by atoms with Crippen LogP contribution in [0.25, 0.3) is 0 Å². The minimum absolute atomic E-state index is 0. The number of rotatable bonds is 3. The Balaban J connectivity index is 0.00000220. The van der Waals surface area contributed by atoms with Gasteiger partial charge in [-0.25, -0.2) is 9.97 Å². The molecule has 1 aromatic rings. The molecule has 0 bridgehead atoms. The van der Waals surface area contributed by atoms with Crippen molar-refractivity contribution in [2.45, 2.75) is 39.2 Å². The maximum absolute atomic E-state index is 12.3. The Morgan fingerprint density at radius 3 is 2.86 bits per heavy atom. The van der Waals surface area contributed by atoms with Gasteiger partial charge in [0, 0.05) is 12.0 Å². The molecule has 1 aliphatic rings. The number of nitrogens with zero attached hydrogens (tertiary/aromatic N) is 2. The molecule has 2 heterocycles. The zero-order valence-electron chi connectivity index (χ0n) is 12.5. The molecule has 1 saturated heterocycles. The van der Waals surface area contributed by atoms with Crippen molar-refractivity contribution in [3.05, 3.63) is 22.7 Å². The quantitative estimate of drug-likeness (QED) is 0.891. The first-order valence-electron chi connectivity index (χ1n) is 7.03. The third-order valence-electron chi connectivity index (χ3n) is 3.60. The summed E-state index contributed by atoms with van der Waals surface area (Å²) in [6.07, 6.45) is 2.43. The van der Waals surface area contributed by atoms with Gasteiger partial charge in [-0.2, -0.15) is 0 Å². The molecule has 118 valence electrons. The lowest BCUT2D eigenvalue weighted by atomic mass is 9.95. The highest BCUT2D eigenvalue weighted by molar-refractivity contribution is 6.33. The molecule has 5 nitrogen and oxygen atoms in total. The predicted molar refractivity (Wildman–Crippen MR) is 86.3 cm³/mol. The second-order valence-corrected chi connectivity index (χ2v) is 6.04. The van der Waals surface area contributed by atoms with Crippen LogP contribution >= 0.6 is 24.0 Å². The van der Waals surface area contributed by atoms with Crippen molar-refractivity contribution in [3.63, 3.8) is 0 Å². The molecule has 2 rings (SSSR count). The van der Waals surface area contributed by atoms with Crippen LogP contribution in [-0.2, 0) is 0 Å². The molecule has 7 heteroatoms. The summed E-state index contributed by atoms with van der Waals surface area (Å²) in [6.45, 7) is 7.93. The number of halogens is 2. The fourth-order valence-corrected chi connectivity index (χ4v) is 2.46. The highest BCUT2D eigenvalue weighted by atomic mass is 35.5. The van der Waals surface area contributed by atoms with E-state index >= 15 is 0 Å². The van der Waals surface area contributed by atoms with E-state index in [1.165, 1.54) is 6.20 Å². The van der Waals surface area contributed by atoms with E-state index in [1.807, 2.05) is 13.8 Å². The normalized spacial score (nSPS) is 21.8. The summed E-state index contributed by atoms with van der Waals surface area (Å²) in [5.74, 6) is 0.991. The summed E-state index contributed by atoms with van der Waals surface area (Å²) in [7, 11) is 0. The van der Waals surface area contributed by atoms with Crippen molar-refractivity contribution in [2.75, 3.05) is 13.1 Å². The zero-order chi connectivity index (χ0) is 14.7. The van der Waals surface area contributed by atoms with Crippen molar-refractivity contribution in [2.24, 2.45) is 5.92 Å². The molecule has 1 amide bonds. The first-order chi connectivity index (χ1) is 9.49. The third-order valence-corrected chi connectivity index (χ3v) is 3.87. The summed E-state index contributed by atoms with van der Waals surface area (Å²) in [5, 5.41) is 6.65. The second kappa shape index (κ2) is 7.92. The molecule has 1 fully saturated rings. The van der Waals surface area contributed by atoms with E-state index in [1.54, 1.807) is 0 Å². The molecule has 0 saturated carbocycles. The van der Waals surface area contributed by atoms with Gasteiger partial charge >= 0.3 is 0 Å². The van der Waals surface area contributed by atoms with Gasteiger partial charge in [0.25, 0.3) is 5.91 Å². The molecule has 0 radical (unpaired) electrons. The molecule has 0 spiro atoms. The first-order valence-corrected chi connectivity index (χ1v) is 7.41. The van der Waals surface area contributed by atoms with Crippen molar-refractivity contribution < 1.29 is 4.79 Å². The standard InChI is InChI=1S/C14H21ClN4O.ClH/c1-8(2)13-17-7-10(15)12(19-13)14(20)18-11-4-5-16-6-9(11)3;/h7-9,11,16H,4-6H2,1-3H3,(H,18,20);1H. The number of amides is 1. The van der Waals surface area contributed by atoms with E-state index in [-0.39, 0.29) is 36.0 Å². The molecule has 2 unspecified atom stereocenters. The number of hydrogen-bond acceptors (Lipinski definition) is 4. The van der Waals surface area contributed by atoms with Gasteiger partial charge in [-0.3, -0.25) is 4.79 Å². The lowest BCUT2D eigenvalue weighted by molar-refractivity contribution is 0.0908. The van der Waals surface area contributed by atoms with Gasteiger partial charge in [-0.05, 0) is 25.4 Å². The Labute approximate surface area is 136 Å². The minimum atomic E-state index is -0.210. The number of aromatic nitrogens is 2. The fourth-order valence-electron chi connectivity index (χ4n) is 2.28. The number of carbonyl (C=O) groups is 1. The van der Waals surface area contributed by atoms with Crippen LogP contribution in [0.15, 0.2) is 6.20 Å². The molecule has 21 heavy (non-hydrogen) atoms. The van der Waals surface area contributed by atoms with Crippen LogP contribution in [0.1, 0.15) is 49.4 Å². The molecule has 2 atom stereocenters. The Kier molecular flexibility index (Phi) is 6.84. The van der Waals surface area contributed by atoms with Crippen LogP contribution in [0.3, 0.4) is 0 Å².